The van der Waals surface area contributed by atoms with Gasteiger partial charge in [-0.15, -0.1) is 13.2 Å². The summed E-state index contributed by atoms with van der Waals surface area (Å²) in [5.41, 5.74) is 0.719. The molecule has 0 aliphatic heterocycles. The van der Waals surface area contributed by atoms with E-state index >= 15 is 0 Å². The summed E-state index contributed by atoms with van der Waals surface area (Å²) in [5, 5.41) is 14.6. The number of benzene rings is 2. The number of pyridine rings is 2. The van der Waals surface area contributed by atoms with Crippen LogP contribution in [0.25, 0.3) is 21.7 Å². The van der Waals surface area contributed by atoms with Crippen molar-refractivity contribution in [2.45, 2.75) is 38.8 Å². The lowest BCUT2D eigenvalue weighted by Gasteiger charge is -2.17. The van der Waals surface area contributed by atoms with E-state index < -0.39 is 29.7 Å². The minimum absolute atomic E-state index is 0.0576. The van der Waals surface area contributed by atoms with Crippen LogP contribution in [-0.2, 0) is 11.3 Å². The van der Waals surface area contributed by atoms with Gasteiger partial charge < -0.3 is 24.6 Å². The zero-order valence-corrected chi connectivity index (χ0v) is 21.8. The van der Waals surface area contributed by atoms with Crippen molar-refractivity contribution in [3.63, 3.8) is 0 Å². The van der Waals surface area contributed by atoms with Crippen molar-refractivity contribution in [1.29, 1.82) is 0 Å². The molecule has 2 N–H and O–H groups in total. The molecule has 0 aliphatic carbocycles. The predicted molar refractivity (Wildman–Crippen MR) is 139 cm³/mol. The third kappa shape index (κ3) is 7.98. The second-order valence-corrected chi connectivity index (χ2v) is 9.20. The molecule has 41 heavy (non-hydrogen) atoms. The Labute approximate surface area is 231 Å². The minimum Gasteiger partial charge on any atom is -0.478 e. The Balaban J connectivity index is 1.22. The van der Waals surface area contributed by atoms with Crippen molar-refractivity contribution in [1.82, 2.24) is 15.3 Å². The van der Waals surface area contributed by atoms with Crippen LogP contribution in [0.15, 0.2) is 48.8 Å². The number of nitrogens with zero attached hydrogens (tertiary/aromatic N) is 2. The van der Waals surface area contributed by atoms with E-state index in [0.717, 1.165) is 28.3 Å². The number of carboxylic acid groups (broad SMARTS) is 1. The van der Waals surface area contributed by atoms with Crippen LogP contribution in [0.4, 0.5) is 22.0 Å². The Morgan fingerprint density at radius 1 is 1.05 bits per heavy atom. The molecule has 0 bridgehead atoms. The summed E-state index contributed by atoms with van der Waals surface area (Å²) in [6, 6.07) is 8.04. The van der Waals surface area contributed by atoms with E-state index in [1.807, 2.05) is 6.92 Å². The number of aromatic nitrogens is 2. The number of fused-ring (bicyclic) bond motifs is 3. The van der Waals surface area contributed by atoms with E-state index in [2.05, 4.69) is 20.0 Å². The molecule has 0 radical (unpaired) electrons. The molecule has 0 aliphatic rings. The second kappa shape index (κ2) is 13.0. The number of carboxylic acids is 1. The summed E-state index contributed by atoms with van der Waals surface area (Å²) in [4.78, 5) is 20.1. The SMILES string of the molecule is CC(COCCCCNCc1cc(F)c(OC(F)(F)F)c(F)c1)Oc1nc2cc(C(=O)O)ccc2c2cnccc12. The van der Waals surface area contributed by atoms with Gasteiger partial charge >= 0.3 is 12.3 Å². The fourth-order valence-corrected chi connectivity index (χ4v) is 4.13. The summed E-state index contributed by atoms with van der Waals surface area (Å²) < 4.78 is 79.5. The fraction of sp³-hybridized carbons (Fsp3) is 0.321. The number of halogens is 5. The molecule has 0 spiro atoms. The zero-order valence-electron chi connectivity index (χ0n) is 21.8. The van der Waals surface area contributed by atoms with Gasteiger partial charge in [-0.3, -0.25) is 4.98 Å². The summed E-state index contributed by atoms with van der Waals surface area (Å²) >= 11 is 0. The number of aromatic carboxylic acids is 1. The first kappa shape index (κ1) is 29.9. The van der Waals surface area contributed by atoms with E-state index in [1.54, 1.807) is 24.5 Å². The van der Waals surface area contributed by atoms with Gasteiger partial charge in [0.15, 0.2) is 11.6 Å². The lowest BCUT2D eigenvalue weighted by molar-refractivity contribution is -0.276. The smallest absolute Gasteiger partial charge is 0.478 e. The third-order valence-corrected chi connectivity index (χ3v) is 5.97. The van der Waals surface area contributed by atoms with Gasteiger partial charge in [-0.2, -0.15) is 0 Å². The molecule has 2 aromatic carbocycles. The lowest BCUT2D eigenvalue weighted by atomic mass is 10.1. The molecule has 4 rings (SSSR count). The van der Waals surface area contributed by atoms with Crippen molar-refractivity contribution >= 4 is 27.6 Å². The summed E-state index contributed by atoms with van der Waals surface area (Å²) in [5.74, 6) is -5.07. The molecule has 8 nitrogen and oxygen atoms in total. The van der Waals surface area contributed by atoms with Crippen LogP contribution in [0.2, 0.25) is 0 Å². The first-order valence-electron chi connectivity index (χ1n) is 12.6. The Hall–Kier alpha value is -4.10. The van der Waals surface area contributed by atoms with E-state index in [-0.39, 0.29) is 30.4 Å². The predicted octanol–water partition coefficient (Wildman–Crippen LogP) is 6.01. The van der Waals surface area contributed by atoms with E-state index in [0.29, 0.717) is 37.4 Å². The van der Waals surface area contributed by atoms with Crippen molar-refractivity contribution in [3.8, 4) is 11.6 Å². The topological polar surface area (TPSA) is 103 Å². The fourth-order valence-electron chi connectivity index (χ4n) is 4.13. The van der Waals surface area contributed by atoms with Crippen molar-refractivity contribution in [3.05, 3.63) is 71.6 Å². The third-order valence-electron chi connectivity index (χ3n) is 5.97. The molecular formula is C28H26F5N3O5. The van der Waals surface area contributed by atoms with Crippen LogP contribution in [0.1, 0.15) is 35.7 Å². The highest BCUT2D eigenvalue weighted by Gasteiger charge is 2.34. The van der Waals surface area contributed by atoms with Gasteiger partial charge in [0, 0.05) is 41.7 Å². The van der Waals surface area contributed by atoms with Gasteiger partial charge in [0.1, 0.15) is 6.10 Å². The molecule has 2 aromatic heterocycles. The molecule has 4 aromatic rings. The molecule has 13 heteroatoms. The molecule has 0 fully saturated rings. The van der Waals surface area contributed by atoms with Gasteiger partial charge in [-0.05, 0) is 62.2 Å². The Bertz CT molecular complexity index is 1510. The zero-order chi connectivity index (χ0) is 29.6. The van der Waals surface area contributed by atoms with Crippen LogP contribution in [-0.4, -0.2) is 53.3 Å². The van der Waals surface area contributed by atoms with Gasteiger partial charge in [-0.25, -0.2) is 18.6 Å². The van der Waals surface area contributed by atoms with Crippen molar-refractivity contribution in [2.24, 2.45) is 0 Å². The maximum absolute atomic E-state index is 13.8. The highest BCUT2D eigenvalue weighted by Crippen LogP contribution is 2.31. The van der Waals surface area contributed by atoms with Gasteiger partial charge in [-0.1, -0.05) is 6.07 Å². The van der Waals surface area contributed by atoms with Gasteiger partial charge in [0.25, 0.3) is 0 Å². The number of hydrogen-bond acceptors (Lipinski definition) is 7. The number of unbranched alkanes of at least 4 members (excludes halogenated alkanes) is 1. The quantitative estimate of drug-likeness (QED) is 0.113. The first-order valence-corrected chi connectivity index (χ1v) is 12.6. The van der Waals surface area contributed by atoms with Crippen LogP contribution in [0.3, 0.4) is 0 Å². The van der Waals surface area contributed by atoms with Crippen LogP contribution in [0.5, 0.6) is 11.6 Å². The normalized spacial score (nSPS) is 12.5. The monoisotopic (exact) mass is 579 g/mol. The van der Waals surface area contributed by atoms with E-state index in [1.165, 1.54) is 12.1 Å². The largest absolute Gasteiger partial charge is 0.573 e. The number of ether oxygens (including phenoxy) is 3. The molecule has 0 saturated carbocycles. The van der Waals surface area contributed by atoms with E-state index in [9.17, 15) is 31.9 Å². The van der Waals surface area contributed by atoms with E-state index in [4.69, 9.17) is 9.47 Å². The molecule has 0 amide bonds. The standard InChI is InChI=1S/C28H26F5N3O5/c1-16(40-26-20-6-8-35-14-21(20)19-5-4-18(27(37)38)12-24(19)36-26)15-39-9-3-2-7-34-13-17-10-22(29)25(23(30)11-17)41-28(31,32)33/h4-6,8,10-12,14,16,34H,2-3,7,9,13,15H2,1H3,(H,37,38). The first-order chi connectivity index (χ1) is 19.5. The number of nitrogens with one attached hydrogen (secondary N) is 1. The molecule has 2 heterocycles. The molecule has 0 saturated heterocycles. The number of alkyl halides is 3. The second-order valence-electron chi connectivity index (χ2n) is 9.20. The number of hydrogen-bond donors (Lipinski definition) is 2. The van der Waals surface area contributed by atoms with Crippen molar-refractivity contribution < 1.29 is 46.1 Å². The highest BCUT2D eigenvalue weighted by atomic mass is 19.4. The molecule has 1 unspecified atom stereocenters. The molecule has 218 valence electrons. The number of rotatable bonds is 13. The minimum atomic E-state index is -5.19. The van der Waals surface area contributed by atoms with Crippen LogP contribution < -0.4 is 14.8 Å². The average molecular weight is 580 g/mol. The summed E-state index contributed by atoms with van der Waals surface area (Å²) in [6.45, 7) is 3.04. The molecular weight excluding hydrogens is 553 g/mol. The van der Waals surface area contributed by atoms with Crippen molar-refractivity contribution in [2.75, 3.05) is 19.8 Å². The highest BCUT2D eigenvalue weighted by molar-refractivity contribution is 6.08. The summed E-state index contributed by atoms with van der Waals surface area (Å²) in [7, 11) is 0. The summed E-state index contributed by atoms with van der Waals surface area (Å²) in [6.07, 6.45) is -0.931. The lowest BCUT2D eigenvalue weighted by Crippen LogP contribution is -2.21. The van der Waals surface area contributed by atoms with Gasteiger partial charge in [0.05, 0.1) is 17.7 Å². The number of carbonyl (C=O) groups is 1. The van der Waals surface area contributed by atoms with Gasteiger partial charge in [0.2, 0.25) is 11.6 Å². The van der Waals surface area contributed by atoms with Crippen LogP contribution in [0, 0.1) is 11.6 Å². The molecule has 1 atom stereocenters. The maximum Gasteiger partial charge on any atom is 0.573 e. The van der Waals surface area contributed by atoms with Crippen LogP contribution >= 0.6 is 0 Å². The maximum atomic E-state index is 13.8. The Morgan fingerprint density at radius 3 is 2.51 bits per heavy atom. The Kier molecular flexibility index (Phi) is 9.50. The Morgan fingerprint density at radius 2 is 1.80 bits per heavy atom. The average Bonchev–Trinajstić information content (AvgIpc) is 2.91.